The molecule has 1 saturated heterocycles. The van der Waals surface area contributed by atoms with Gasteiger partial charge in [0, 0.05) is 25.6 Å². The highest BCUT2D eigenvalue weighted by molar-refractivity contribution is 7.89. The molecule has 2 heterocycles. The number of rotatable bonds is 5. The SMILES string of the molecule is Cc1ccc(S(=O)(=O)N2CCC(C(=O)NNC(=S)NCc3ccc4c(c3)OCO4)CC2)cc1. The fourth-order valence-electron chi connectivity index (χ4n) is 3.72. The van der Waals surface area contributed by atoms with Crippen LogP contribution in [-0.4, -0.2) is 43.6 Å². The Hall–Kier alpha value is -2.89. The molecular weight excluding hydrogens is 464 g/mol. The topological polar surface area (TPSA) is 109 Å². The van der Waals surface area contributed by atoms with Crippen LogP contribution in [0.5, 0.6) is 11.5 Å². The van der Waals surface area contributed by atoms with E-state index in [2.05, 4.69) is 16.2 Å². The van der Waals surface area contributed by atoms with Gasteiger partial charge in [-0.3, -0.25) is 15.6 Å². The van der Waals surface area contributed by atoms with E-state index < -0.39 is 10.0 Å². The highest BCUT2D eigenvalue weighted by atomic mass is 32.2. The van der Waals surface area contributed by atoms with Crippen LogP contribution in [-0.2, 0) is 21.4 Å². The average Bonchev–Trinajstić information content (AvgIpc) is 3.29. The maximum atomic E-state index is 12.8. The summed E-state index contributed by atoms with van der Waals surface area (Å²) in [6.45, 7) is 3.16. The van der Waals surface area contributed by atoms with Crippen molar-refractivity contribution in [2.24, 2.45) is 5.92 Å². The number of carbonyl (C=O) groups is 1. The number of piperidine rings is 1. The van der Waals surface area contributed by atoms with Gasteiger partial charge in [0.15, 0.2) is 16.6 Å². The van der Waals surface area contributed by atoms with Gasteiger partial charge in [-0.2, -0.15) is 4.31 Å². The van der Waals surface area contributed by atoms with Crippen LogP contribution in [0.2, 0.25) is 0 Å². The molecule has 9 nitrogen and oxygen atoms in total. The zero-order chi connectivity index (χ0) is 23.4. The van der Waals surface area contributed by atoms with E-state index >= 15 is 0 Å². The molecule has 0 saturated carbocycles. The fraction of sp³-hybridized carbons (Fsp3) is 0.364. The first kappa shape index (κ1) is 23.3. The molecule has 2 aromatic rings. The number of thiocarbonyl (C=S) groups is 1. The van der Waals surface area contributed by atoms with Crippen LogP contribution in [0.15, 0.2) is 47.4 Å². The van der Waals surface area contributed by atoms with E-state index in [9.17, 15) is 13.2 Å². The van der Waals surface area contributed by atoms with Gasteiger partial charge in [-0.15, -0.1) is 0 Å². The fourth-order valence-corrected chi connectivity index (χ4v) is 5.31. The number of sulfonamides is 1. The lowest BCUT2D eigenvalue weighted by atomic mass is 9.98. The van der Waals surface area contributed by atoms with E-state index in [1.54, 1.807) is 24.3 Å². The van der Waals surface area contributed by atoms with Crippen molar-refractivity contribution in [3.05, 3.63) is 53.6 Å². The first-order valence-electron chi connectivity index (χ1n) is 10.6. The normalized spacial score (nSPS) is 16.3. The quantitative estimate of drug-likeness (QED) is 0.430. The van der Waals surface area contributed by atoms with Gasteiger partial charge in [-0.05, 0) is 61.8 Å². The van der Waals surface area contributed by atoms with Crippen molar-refractivity contribution in [2.75, 3.05) is 19.9 Å². The monoisotopic (exact) mass is 490 g/mol. The summed E-state index contributed by atoms with van der Waals surface area (Å²) in [4.78, 5) is 12.8. The second-order valence-corrected chi connectivity index (χ2v) is 10.3. The van der Waals surface area contributed by atoms with Gasteiger partial charge in [0.1, 0.15) is 0 Å². The maximum absolute atomic E-state index is 12.8. The number of nitrogens with zero attached hydrogens (tertiary/aromatic N) is 1. The number of fused-ring (bicyclic) bond motifs is 1. The van der Waals surface area contributed by atoms with Crippen molar-refractivity contribution in [2.45, 2.75) is 31.2 Å². The number of carbonyl (C=O) groups excluding carboxylic acids is 1. The van der Waals surface area contributed by atoms with E-state index in [1.807, 2.05) is 25.1 Å². The summed E-state index contributed by atoms with van der Waals surface area (Å²) in [5, 5.41) is 3.30. The number of aryl methyl sites for hydroxylation is 1. The van der Waals surface area contributed by atoms with E-state index in [0.29, 0.717) is 44.0 Å². The van der Waals surface area contributed by atoms with E-state index in [0.717, 1.165) is 11.1 Å². The van der Waals surface area contributed by atoms with E-state index in [-0.39, 0.29) is 28.6 Å². The Bertz CT molecular complexity index is 1130. The summed E-state index contributed by atoms with van der Waals surface area (Å²) in [6.07, 6.45) is 0.881. The second kappa shape index (κ2) is 9.94. The Kier molecular flexibility index (Phi) is 7.01. The summed E-state index contributed by atoms with van der Waals surface area (Å²) in [5.41, 5.74) is 7.28. The summed E-state index contributed by atoms with van der Waals surface area (Å²) in [5.74, 6) is 0.898. The summed E-state index contributed by atoms with van der Waals surface area (Å²) in [7, 11) is -3.55. The Labute approximate surface area is 198 Å². The predicted octanol–water partition coefficient (Wildman–Crippen LogP) is 1.82. The van der Waals surface area contributed by atoms with Gasteiger partial charge in [0.05, 0.1) is 4.90 Å². The number of hydrogen-bond acceptors (Lipinski definition) is 6. The van der Waals surface area contributed by atoms with Crippen LogP contribution >= 0.6 is 12.2 Å². The van der Waals surface area contributed by atoms with Crippen LogP contribution in [0.3, 0.4) is 0 Å². The Morgan fingerprint density at radius 3 is 2.48 bits per heavy atom. The second-order valence-electron chi connectivity index (χ2n) is 7.98. The minimum absolute atomic E-state index is 0.213. The van der Waals surface area contributed by atoms with Crippen molar-refractivity contribution in [1.82, 2.24) is 20.5 Å². The molecule has 1 fully saturated rings. The minimum Gasteiger partial charge on any atom is -0.454 e. The minimum atomic E-state index is -3.55. The molecule has 2 aromatic carbocycles. The molecule has 1 amide bonds. The number of benzene rings is 2. The van der Waals surface area contributed by atoms with E-state index in [1.165, 1.54) is 4.31 Å². The summed E-state index contributed by atoms with van der Waals surface area (Å²) < 4.78 is 37.7. The molecule has 0 radical (unpaired) electrons. The van der Waals surface area contributed by atoms with Gasteiger partial charge in [0.2, 0.25) is 22.7 Å². The molecule has 33 heavy (non-hydrogen) atoms. The molecule has 176 valence electrons. The number of amides is 1. The number of ether oxygens (including phenoxy) is 2. The van der Waals surface area contributed by atoms with Gasteiger partial charge < -0.3 is 14.8 Å². The van der Waals surface area contributed by atoms with Crippen molar-refractivity contribution in [3.63, 3.8) is 0 Å². The summed E-state index contributed by atoms with van der Waals surface area (Å²) in [6, 6.07) is 12.4. The lowest BCUT2D eigenvalue weighted by molar-refractivity contribution is -0.126. The first-order chi connectivity index (χ1) is 15.8. The van der Waals surface area contributed by atoms with E-state index in [4.69, 9.17) is 21.7 Å². The zero-order valence-electron chi connectivity index (χ0n) is 18.2. The molecule has 0 bridgehead atoms. The largest absolute Gasteiger partial charge is 0.454 e. The molecule has 4 rings (SSSR count). The van der Waals surface area contributed by atoms with Crippen molar-refractivity contribution in [1.29, 1.82) is 0 Å². The lowest BCUT2D eigenvalue weighted by Gasteiger charge is -2.30. The highest BCUT2D eigenvalue weighted by Gasteiger charge is 2.32. The van der Waals surface area contributed by atoms with Crippen LogP contribution < -0.4 is 25.6 Å². The van der Waals surface area contributed by atoms with Crippen LogP contribution in [0.1, 0.15) is 24.0 Å². The molecule has 3 N–H and O–H groups in total. The van der Waals surface area contributed by atoms with Crippen LogP contribution in [0.4, 0.5) is 0 Å². The third kappa shape index (κ3) is 5.55. The van der Waals surface area contributed by atoms with Crippen molar-refractivity contribution in [3.8, 4) is 11.5 Å². The molecule has 0 atom stereocenters. The van der Waals surface area contributed by atoms with Gasteiger partial charge in [-0.1, -0.05) is 23.8 Å². The average molecular weight is 491 g/mol. The lowest BCUT2D eigenvalue weighted by Crippen LogP contribution is -2.50. The third-order valence-electron chi connectivity index (χ3n) is 5.67. The van der Waals surface area contributed by atoms with Gasteiger partial charge in [0.25, 0.3) is 0 Å². The molecule has 0 aromatic heterocycles. The molecular formula is C22H26N4O5S2. The van der Waals surface area contributed by atoms with Crippen molar-refractivity contribution >= 4 is 33.3 Å². The standard InChI is InChI=1S/C22H26N4O5S2/c1-15-2-5-18(6-3-15)33(28,29)26-10-8-17(9-11-26)21(27)24-25-22(32)23-13-16-4-7-19-20(12-16)31-14-30-19/h2-7,12,17H,8-11,13-14H2,1H3,(H,24,27)(H2,23,25,32). The Morgan fingerprint density at radius 1 is 1.06 bits per heavy atom. The number of hydrazine groups is 1. The molecule has 11 heteroatoms. The molecule has 2 aliphatic heterocycles. The van der Waals surface area contributed by atoms with Crippen molar-refractivity contribution < 1.29 is 22.7 Å². The van der Waals surface area contributed by atoms with Gasteiger partial charge in [-0.25, -0.2) is 8.42 Å². The third-order valence-corrected chi connectivity index (χ3v) is 7.83. The smallest absolute Gasteiger partial charge is 0.243 e. The van der Waals surface area contributed by atoms with Crippen LogP contribution in [0.25, 0.3) is 0 Å². The Morgan fingerprint density at radius 2 is 1.76 bits per heavy atom. The molecule has 0 aliphatic carbocycles. The Balaban J connectivity index is 1.20. The molecule has 0 unspecified atom stereocenters. The number of hydrogen-bond donors (Lipinski definition) is 3. The molecule has 0 spiro atoms. The summed E-state index contributed by atoms with van der Waals surface area (Å²) >= 11 is 5.22. The predicted molar refractivity (Wildman–Crippen MR) is 126 cm³/mol. The first-order valence-corrected chi connectivity index (χ1v) is 12.5. The van der Waals surface area contributed by atoms with Crippen LogP contribution in [0, 0.1) is 12.8 Å². The highest BCUT2D eigenvalue weighted by Crippen LogP contribution is 2.32. The van der Waals surface area contributed by atoms with Gasteiger partial charge >= 0.3 is 0 Å². The zero-order valence-corrected chi connectivity index (χ0v) is 19.8. The number of nitrogens with one attached hydrogen (secondary N) is 3. The molecule has 2 aliphatic rings. The maximum Gasteiger partial charge on any atom is 0.243 e.